The SMILES string of the molecule is CCOc1ccc(CC(=O)NC2CCN(c3cc(-c4ccccc4)[nH]n3)CC2)cc1OCC. The molecule has 174 valence electrons. The van der Waals surface area contributed by atoms with E-state index in [0.717, 1.165) is 48.6 Å². The van der Waals surface area contributed by atoms with Gasteiger partial charge in [0.25, 0.3) is 0 Å². The van der Waals surface area contributed by atoms with Crippen LogP contribution in [0.25, 0.3) is 11.3 Å². The van der Waals surface area contributed by atoms with Crippen molar-refractivity contribution in [1.29, 1.82) is 0 Å². The van der Waals surface area contributed by atoms with Crippen LogP contribution in [0.2, 0.25) is 0 Å². The molecule has 1 aliphatic heterocycles. The Morgan fingerprint density at radius 3 is 2.48 bits per heavy atom. The van der Waals surface area contributed by atoms with E-state index in [1.807, 2.05) is 50.2 Å². The standard InChI is InChI=1S/C26H32N4O3/c1-3-32-23-11-10-19(16-24(23)33-4-2)17-26(31)27-21-12-14-30(15-13-21)25-18-22(28-29-25)20-8-6-5-7-9-20/h5-11,16,18,21H,3-4,12-15,17H2,1-2H3,(H,27,31)(H,28,29). The van der Waals surface area contributed by atoms with Crippen molar-refractivity contribution in [3.63, 3.8) is 0 Å². The molecule has 7 heteroatoms. The number of carbonyl (C=O) groups is 1. The van der Waals surface area contributed by atoms with Crippen molar-refractivity contribution in [2.45, 2.75) is 39.2 Å². The number of carbonyl (C=O) groups excluding carboxylic acids is 1. The molecule has 0 unspecified atom stereocenters. The number of anilines is 1. The molecule has 2 heterocycles. The summed E-state index contributed by atoms with van der Waals surface area (Å²) in [6.45, 7) is 6.73. The lowest BCUT2D eigenvalue weighted by Crippen LogP contribution is -2.45. The van der Waals surface area contributed by atoms with Gasteiger partial charge in [0.05, 0.1) is 25.3 Å². The van der Waals surface area contributed by atoms with Crippen molar-refractivity contribution < 1.29 is 14.3 Å². The minimum Gasteiger partial charge on any atom is -0.490 e. The quantitative estimate of drug-likeness (QED) is 0.513. The first kappa shape index (κ1) is 22.7. The largest absolute Gasteiger partial charge is 0.490 e. The van der Waals surface area contributed by atoms with E-state index in [9.17, 15) is 4.79 Å². The van der Waals surface area contributed by atoms with E-state index >= 15 is 0 Å². The normalized spacial score (nSPS) is 14.2. The number of benzene rings is 2. The molecule has 2 N–H and O–H groups in total. The van der Waals surface area contributed by atoms with Crippen LogP contribution in [-0.2, 0) is 11.2 Å². The molecule has 1 fully saturated rings. The molecule has 0 bridgehead atoms. The Morgan fingerprint density at radius 2 is 1.76 bits per heavy atom. The maximum Gasteiger partial charge on any atom is 0.224 e. The molecule has 0 radical (unpaired) electrons. The highest BCUT2D eigenvalue weighted by molar-refractivity contribution is 5.79. The van der Waals surface area contributed by atoms with Crippen molar-refractivity contribution in [3.05, 3.63) is 60.2 Å². The lowest BCUT2D eigenvalue weighted by atomic mass is 10.0. The highest BCUT2D eigenvalue weighted by Gasteiger charge is 2.22. The molecular formula is C26H32N4O3. The van der Waals surface area contributed by atoms with E-state index in [2.05, 4.69) is 38.6 Å². The average Bonchev–Trinajstić information content (AvgIpc) is 3.32. The first-order valence-electron chi connectivity index (χ1n) is 11.7. The highest BCUT2D eigenvalue weighted by Crippen LogP contribution is 2.29. The Hall–Kier alpha value is -3.48. The molecule has 0 atom stereocenters. The minimum atomic E-state index is 0.0335. The second kappa shape index (κ2) is 10.9. The predicted molar refractivity (Wildman–Crippen MR) is 130 cm³/mol. The molecular weight excluding hydrogens is 416 g/mol. The number of rotatable bonds is 9. The number of piperidine rings is 1. The fourth-order valence-corrected chi connectivity index (χ4v) is 4.16. The molecule has 33 heavy (non-hydrogen) atoms. The average molecular weight is 449 g/mol. The number of aromatic nitrogens is 2. The summed E-state index contributed by atoms with van der Waals surface area (Å²) in [5.74, 6) is 2.39. The molecule has 1 aliphatic rings. The van der Waals surface area contributed by atoms with E-state index < -0.39 is 0 Å². The van der Waals surface area contributed by atoms with Gasteiger partial charge in [-0.1, -0.05) is 36.4 Å². The maximum absolute atomic E-state index is 12.7. The lowest BCUT2D eigenvalue weighted by Gasteiger charge is -2.32. The number of hydrogen-bond donors (Lipinski definition) is 2. The monoisotopic (exact) mass is 448 g/mol. The summed E-state index contributed by atoms with van der Waals surface area (Å²) in [7, 11) is 0. The third-order valence-electron chi connectivity index (χ3n) is 5.81. The van der Waals surface area contributed by atoms with E-state index in [-0.39, 0.29) is 11.9 Å². The number of hydrogen-bond acceptors (Lipinski definition) is 5. The van der Waals surface area contributed by atoms with Crippen molar-refractivity contribution in [1.82, 2.24) is 15.5 Å². The van der Waals surface area contributed by atoms with Gasteiger partial charge in [0.1, 0.15) is 0 Å². The molecule has 0 aliphatic carbocycles. The van der Waals surface area contributed by atoms with Gasteiger partial charge in [0.2, 0.25) is 5.91 Å². The first-order valence-corrected chi connectivity index (χ1v) is 11.7. The van der Waals surface area contributed by atoms with Gasteiger partial charge in [-0.25, -0.2) is 0 Å². The third kappa shape index (κ3) is 5.86. The van der Waals surface area contributed by atoms with Gasteiger partial charge in [-0.05, 0) is 49.9 Å². The number of ether oxygens (including phenoxy) is 2. The van der Waals surface area contributed by atoms with Crippen LogP contribution in [0.3, 0.4) is 0 Å². The first-order chi connectivity index (χ1) is 16.2. The smallest absolute Gasteiger partial charge is 0.224 e. The Morgan fingerprint density at radius 1 is 1.03 bits per heavy atom. The van der Waals surface area contributed by atoms with Crippen molar-refractivity contribution in [2.24, 2.45) is 0 Å². The summed E-state index contributed by atoms with van der Waals surface area (Å²) in [6.07, 6.45) is 2.12. The number of nitrogens with one attached hydrogen (secondary N) is 2. The van der Waals surface area contributed by atoms with E-state index in [0.29, 0.717) is 31.1 Å². The van der Waals surface area contributed by atoms with Crippen LogP contribution in [0.4, 0.5) is 5.82 Å². The predicted octanol–water partition coefficient (Wildman–Crippen LogP) is 4.20. The van der Waals surface area contributed by atoms with Gasteiger partial charge in [-0.15, -0.1) is 0 Å². The maximum atomic E-state index is 12.7. The molecule has 2 aromatic carbocycles. The van der Waals surface area contributed by atoms with Crippen molar-refractivity contribution in [2.75, 3.05) is 31.2 Å². The van der Waals surface area contributed by atoms with Gasteiger partial charge < -0.3 is 19.7 Å². The molecule has 0 saturated carbocycles. The second-order valence-electron chi connectivity index (χ2n) is 8.16. The van der Waals surface area contributed by atoms with Crippen molar-refractivity contribution in [3.8, 4) is 22.8 Å². The van der Waals surface area contributed by atoms with Gasteiger partial charge in [-0.3, -0.25) is 9.89 Å². The molecule has 1 aromatic heterocycles. The minimum absolute atomic E-state index is 0.0335. The Balaban J connectivity index is 1.28. The zero-order valence-electron chi connectivity index (χ0n) is 19.3. The second-order valence-corrected chi connectivity index (χ2v) is 8.16. The van der Waals surface area contributed by atoms with Crippen LogP contribution >= 0.6 is 0 Å². The summed E-state index contributed by atoms with van der Waals surface area (Å²) in [5.41, 5.74) is 3.06. The Labute approximate surface area is 195 Å². The molecule has 3 aromatic rings. The van der Waals surface area contributed by atoms with Gasteiger partial charge in [0.15, 0.2) is 17.3 Å². The number of aromatic amines is 1. The zero-order valence-corrected chi connectivity index (χ0v) is 19.3. The molecule has 4 rings (SSSR count). The topological polar surface area (TPSA) is 79.5 Å². The molecule has 0 spiro atoms. The zero-order chi connectivity index (χ0) is 23.0. The molecule has 7 nitrogen and oxygen atoms in total. The van der Waals surface area contributed by atoms with Crippen molar-refractivity contribution >= 4 is 11.7 Å². The van der Waals surface area contributed by atoms with Gasteiger partial charge in [-0.2, -0.15) is 5.10 Å². The third-order valence-corrected chi connectivity index (χ3v) is 5.81. The Kier molecular flexibility index (Phi) is 7.50. The van der Waals surface area contributed by atoms with Crippen LogP contribution in [0.15, 0.2) is 54.6 Å². The summed E-state index contributed by atoms with van der Waals surface area (Å²) in [6, 6.07) is 18.2. The Bertz CT molecular complexity index is 1040. The summed E-state index contributed by atoms with van der Waals surface area (Å²) >= 11 is 0. The summed E-state index contributed by atoms with van der Waals surface area (Å²) < 4.78 is 11.3. The van der Waals surface area contributed by atoms with E-state index in [1.165, 1.54) is 0 Å². The molecule has 1 amide bonds. The summed E-state index contributed by atoms with van der Waals surface area (Å²) in [5, 5.41) is 10.8. The van der Waals surface area contributed by atoms with Gasteiger partial charge in [0, 0.05) is 25.2 Å². The lowest BCUT2D eigenvalue weighted by molar-refractivity contribution is -0.121. The van der Waals surface area contributed by atoms with Crippen LogP contribution in [-0.4, -0.2) is 48.4 Å². The summed E-state index contributed by atoms with van der Waals surface area (Å²) in [4.78, 5) is 14.9. The number of amides is 1. The number of nitrogens with zero attached hydrogens (tertiary/aromatic N) is 2. The molecule has 1 saturated heterocycles. The van der Waals surface area contributed by atoms with Crippen LogP contribution in [0.1, 0.15) is 32.3 Å². The van der Waals surface area contributed by atoms with Gasteiger partial charge >= 0.3 is 0 Å². The van der Waals surface area contributed by atoms with E-state index in [1.54, 1.807) is 0 Å². The van der Waals surface area contributed by atoms with Crippen LogP contribution in [0, 0.1) is 0 Å². The fraction of sp³-hybridized carbons (Fsp3) is 0.385. The van der Waals surface area contributed by atoms with Crippen LogP contribution in [0.5, 0.6) is 11.5 Å². The van der Waals surface area contributed by atoms with Crippen LogP contribution < -0.4 is 19.7 Å². The highest BCUT2D eigenvalue weighted by atomic mass is 16.5. The number of H-pyrrole nitrogens is 1. The van der Waals surface area contributed by atoms with E-state index in [4.69, 9.17) is 9.47 Å². The fourth-order valence-electron chi connectivity index (χ4n) is 4.16.